The van der Waals surface area contributed by atoms with Crippen LogP contribution in [0.2, 0.25) is 5.15 Å². The number of carbonyl (C=O) groups is 2. The summed E-state index contributed by atoms with van der Waals surface area (Å²) in [4.78, 5) is 28.4. The molecule has 0 fully saturated rings. The first kappa shape index (κ1) is 19.9. The molecule has 0 aliphatic rings. The first-order valence-electron chi connectivity index (χ1n) is 8.36. The predicted molar refractivity (Wildman–Crippen MR) is 101 cm³/mol. The van der Waals surface area contributed by atoms with E-state index >= 15 is 0 Å². The van der Waals surface area contributed by atoms with Crippen LogP contribution >= 0.6 is 11.6 Å². The van der Waals surface area contributed by atoms with Crippen molar-refractivity contribution in [2.45, 2.75) is 40.7 Å². The number of pyridine rings is 1. The van der Waals surface area contributed by atoms with Crippen LogP contribution in [0.5, 0.6) is 0 Å². The van der Waals surface area contributed by atoms with Crippen LogP contribution in [0.15, 0.2) is 24.3 Å². The van der Waals surface area contributed by atoms with Crippen LogP contribution in [-0.4, -0.2) is 23.5 Å². The van der Waals surface area contributed by atoms with E-state index in [1.165, 1.54) is 5.56 Å². The molecule has 0 bridgehead atoms. The highest BCUT2D eigenvalue weighted by atomic mass is 35.5. The molecule has 0 aliphatic carbocycles. The van der Waals surface area contributed by atoms with Gasteiger partial charge in [-0.3, -0.25) is 4.79 Å². The molecule has 26 heavy (non-hydrogen) atoms. The highest BCUT2D eigenvalue weighted by Gasteiger charge is 2.19. The lowest BCUT2D eigenvalue weighted by Crippen LogP contribution is -2.31. The minimum absolute atomic E-state index is 0.0800. The van der Waals surface area contributed by atoms with Gasteiger partial charge >= 0.3 is 5.97 Å². The first-order valence-corrected chi connectivity index (χ1v) is 8.74. The van der Waals surface area contributed by atoms with Crippen LogP contribution in [-0.2, 0) is 9.53 Å². The molecule has 1 heterocycles. The second-order valence-corrected chi connectivity index (χ2v) is 6.81. The van der Waals surface area contributed by atoms with Crippen molar-refractivity contribution in [3.63, 3.8) is 0 Å². The number of nitrogens with one attached hydrogen (secondary N) is 1. The Morgan fingerprint density at radius 1 is 1.12 bits per heavy atom. The Hall–Kier alpha value is -2.40. The predicted octanol–water partition coefficient (Wildman–Crippen LogP) is 4.00. The molecular formula is C20H23ClN2O3. The molecule has 2 rings (SSSR count). The maximum Gasteiger partial charge on any atom is 0.342 e. The quantitative estimate of drug-likeness (QED) is 0.634. The van der Waals surface area contributed by atoms with Crippen LogP contribution < -0.4 is 5.32 Å². The van der Waals surface area contributed by atoms with Gasteiger partial charge in [0.1, 0.15) is 5.15 Å². The zero-order valence-corrected chi connectivity index (χ0v) is 16.4. The number of ether oxygens (including phenoxy) is 1. The Balaban J connectivity index is 1.96. The molecule has 1 amide bonds. The second-order valence-electron chi connectivity index (χ2n) is 6.46. The normalized spacial score (nSPS) is 11.8. The summed E-state index contributed by atoms with van der Waals surface area (Å²) in [7, 11) is 0. The van der Waals surface area contributed by atoms with Gasteiger partial charge in [0, 0.05) is 5.69 Å². The third-order valence-corrected chi connectivity index (χ3v) is 4.52. The molecule has 0 saturated carbocycles. The SMILES string of the molecule is Cc1cc(C)c(C(=O)OCC(=O)N[C@@H](C)c2ccc(C)c(C)c2)c(Cl)n1. The number of carbonyl (C=O) groups excluding carboxylic acids is 2. The lowest BCUT2D eigenvalue weighted by molar-refractivity contribution is -0.124. The number of hydrogen-bond acceptors (Lipinski definition) is 4. The van der Waals surface area contributed by atoms with Gasteiger partial charge in [-0.1, -0.05) is 29.8 Å². The Labute approximate surface area is 158 Å². The molecule has 1 atom stereocenters. The Morgan fingerprint density at radius 3 is 2.42 bits per heavy atom. The van der Waals surface area contributed by atoms with Crippen molar-refractivity contribution < 1.29 is 14.3 Å². The number of rotatable bonds is 5. The highest BCUT2D eigenvalue weighted by molar-refractivity contribution is 6.32. The number of amides is 1. The number of hydrogen-bond donors (Lipinski definition) is 1. The fourth-order valence-corrected chi connectivity index (χ4v) is 3.00. The number of benzene rings is 1. The zero-order chi connectivity index (χ0) is 19.4. The van der Waals surface area contributed by atoms with Crippen LogP contribution in [0, 0.1) is 27.7 Å². The summed E-state index contributed by atoms with van der Waals surface area (Å²) in [6.07, 6.45) is 0. The van der Waals surface area contributed by atoms with Crippen LogP contribution in [0.3, 0.4) is 0 Å². The molecule has 6 heteroatoms. The summed E-state index contributed by atoms with van der Waals surface area (Å²) in [6, 6.07) is 7.58. The number of esters is 1. The minimum Gasteiger partial charge on any atom is -0.452 e. The first-order chi connectivity index (χ1) is 12.2. The van der Waals surface area contributed by atoms with Crippen molar-refractivity contribution in [1.29, 1.82) is 0 Å². The monoisotopic (exact) mass is 374 g/mol. The maximum absolute atomic E-state index is 12.2. The van der Waals surface area contributed by atoms with Gasteiger partial charge in [0.25, 0.3) is 5.91 Å². The summed E-state index contributed by atoms with van der Waals surface area (Å²) in [6.45, 7) is 9.10. The van der Waals surface area contributed by atoms with E-state index < -0.39 is 5.97 Å². The third kappa shape index (κ3) is 4.82. The van der Waals surface area contributed by atoms with E-state index in [4.69, 9.17) is 16.3 Å². The topological polar surface area (TPSA) is 68.3 Å². The van der Waals surface area contributed by atoms with E-state index in [-0.39, 0.29) is 29.3 Å². The number of aryl methyl sites for hydroxylation is 4. The van der Waals surface area contributed by atoms with Crippen molar-refractivity contribution in [3.8, 4) is 0 Å². The fourth-order valence-electron chi connectivity index (χ4n) is 2.64. The molecule has 0 spiro atoms. The highest BCUT2D eigenvalue weighted by Crippen LogP contribution is 2.20. The maximum atomic E-state index is 12.2. The van der Waals surface area contributed by atoms with Gasteiger partial charge in [0.05, 0.1) is 11.6 Å². The van der Waals surface area contributed by atoms with E-state index in [2.05, 4.69) is 10.3 Å². The van der Waals surface area contributed by atoms with Gasteiger partial charge < -0.3 is 10.1 Å². The van der Waals surface area contributed by atoms with Crippen molar-refractivity contribution in [1.82, 2.24) is 10.3 Å². The standard InChI is InChI=1S/C20H23ClN2O3/c1-11-6-7-16(9-12(11)2)15(5)23-17(24)10-26-20(25)18-13(3)8-14(4)22-19(18)21/h6-9,15H,10H2,1-5H3,(H,23,24)/t15-/m0/s1. The van der Waals surface area contributed by atoms with Gasteiger partial charge in [-0.25, -0.2) is 9.78 Å². The Bertz CT molecular complexity index is 826. The molecule has 2 aromatic rings. The lowest BCUT2D eigenvalue weighted by Gasteiger charge is -2.16. The van der Waals surface area contributed by atoms with E-state index in [1.54, 1.807) is 19.9 Å². The van der Waals surface area contributed by atoms with Gasteiger partial charge in [0.2, 0.25) is 0 Å². The van der Waals surface area contributed by atoms with Gasteiger partial charge in [-0.15, -0.1) is 0 Å². The second kappa shape index (κ2) is 8.32. The Morgan fingerprint density at radius 2 is 1.81 bits per heavy atom. The molecule has 0 saturated heterocycles. The minimum atomic E-state index is -0.658. The number of nitrogens with zero attached hydrogens (tertiary/aromatic N) is 1. The van der Waals surface area contributed by atoms with E-state index in [1.807, 2.05) is 39.0 Å². The van der Waals surface area contributed by atoms with E-state index in [9.17, 15) is 9.59 Å². The average Bonchev–Trinajstić information content (AvgIpc) is 2.54. The summed E-state index contributed by atoms with van der Waals surface area (Å²) in [5.74, 6) is -1.04. The zero-order valence-electron chi connectivity index (χ0n) is 15.6. The van der Waals surface area contributed by atoms with Gasteiger partial charge in [-0.2, -0.15) is 0 Å². The van der Waals surface area contributed by atoms with Crippen molar-refractivity contribution in [2.24, 2.45) is 0 Å². The number of halogens is 1. The smallest absolute Gasteiger partial charge is 0.342 e. The van der Waals surface area contributed by atoms with Crippen LogP contribution in [0.25, 0.3) is 0 Å². The largest absolute Gasteiger partial charge is 0.452 e. The number of aromatic nitrogens is 1. The summed E-state index contributed by atoms with van der Waals surface area (Å²) in [5, 5.41) is 2.90. The van der Waals surface area contributed by atoms with E-state index in [0.717, 1.165) is 11.1 Å². The van der Waals surface area contributed by atoms with E-state index in [0.29, 0.717) is 11.3 Å². The molecule has 0 radical (unpaired) electrons. The lowest BCUT2D eigenvalue weighted by atomic mass is 10.0. The molecule has 1 aromatic heterocycles. The average molecular weight is 375 g/mol. The Kier molecular flexibility index (Phi) is 6.37. The van der Waals surface area contributed by atoms with Gasteiger partial charge in [-0.05, 0) is 62.9 Å². The molecule has 5 nitrogen and oxygen atoms in total. The molecule has 1 N–H and O–H groups in total. The summed E-state index contributed by atoms with van der Waals surface area (Å²) < 4.78 is 5.10. The van der Waals surface area contributed by atoms with Crippen molar-refractivity contribution in [3.05, 3.63) is 62.9 Å². The third-order valence-electron chi connectivity index (χ3n) is 4.25. The van der Waals surface area contributed by atoms with Crippen molar-refractivity contribution >= 4 is 23.5 Å². The summed E-state index contributed by atoms with van der Waals surface area (Å²) in [5.41, 5.74) is 4.91. The molecule has 0 unspecified atom stereocenters. The molecule has 138 valence electrons. The van der Waals surface area contributed by atoms with Crippen molar-refractivity contribution in [2.75, 3.05) is 6.61 Å². The molecule has 0 aliphatic heterocycles. The molecular weight excluding hydrogens is 352 g/mol. The van der Waals surface area contributed by atoms with Gasteiger partial charge in [0.15, 0.2) is 6.61 Å². The fraction of sp³-hybridized carbons (Fsp3) is 0.350. The molecule has 1 aromatic carbocycles. The summed E-state index contributed by atoms with van der Waals surface area (Å²) >= 11 is 6.02. The van der Waals surface area contributed by atoms with Crippen LogP contribution in [0.1, 0.15) is 51.3 Å². The van der Waals surface area contributed by atoms with Crippen LogP contribution in [0.4, 0.5) is 0 Å².